The highest BCUT2D eigenvalue weighted by Crippen LogP contribution is 2.38. The average molecular weight is 352 g/mol. The summed E-state index contributed by atoms with van der Waals surface area (Å²) in [5, 5.41) is 3.50. The Bertz CT molecular complexity index is 429. The van der Waals surface area contributed by atoms with Gasteiger partial charge in [-0.1, -0.05) is 12.8 Å². The van der Waals surface area contributed by atoms with Crippen molar-refractivity contribution in [2.75, 3.05) is 46.0 Å². The highest BCUT2D eigenvalue weighted by molar-refractivity contribution is 5.80. The van der Waals surface area contributed by atoms with Crippen molar-refractivity contribution in [2.24, 2.45) is 16.3 Å². The van der Waals surface area contributed by atoms with Gasteiger partial charge in [0.1, 0.15) is 0 Å². The Kier molecular flexibility index (Phi) is 7.00. The van der Waals surface area contributed by atoms with Crippen LogP contribution in [-0.2, 0) is 9.47 Å². The molecule has 0 bridgehead atoms. The van der Waals surface area contributed by atoms with Gasteiger partial charge in [-0.05, 0) is 51.9 Å². The van der Waals surface area contributed by atoms with Crippen molar-refractivity contribution >= 4 is 5.96 Å². The monoisotopic (exact) mass is 351 g/mol. The summed E-state index contributed by atoms with van der Waals surface area (Å²) in [5.74, 6) is 1.84. The van der Waals surface area contributed by atoms with Gasteiger partial charge in [-0.15, -0.1) is 0 Å². The van der Waals surface area contributed by atoms with Crippen LogP contribution >= 0.6 is 0 Å². The molecule has 0 aromatic heterocycles. The van der Waals surface area contributed by atoms with Crippen LogP contribution in [0.25, 0.3) is 0 Å². The van der Waals surface area contributed by atoms with Crippen LogP contribution in [-0.4, -0.2) is 63.0 Å². The van der Waals surface area contributed by atoms with Gasteiger partial charge in [0.25, 0.3) is 0 Å². The molecule has 1 saturated carbocycles. The van der Waals surface area contributed by atoms with Crippen LogP contribution in [0.2, 0.25) is 0 Å². The molecule has 0 aromatic carbocycles. The lowest BCUT2D eigenvalue weighted by atomic mass is 9.87. The SMILES string of the molecule is CCNC(=NCCC(OCC)C1CCCC1)N1CCC2(CCOC2)C1. The quantitative estimate of drug-likeness (QED) is 0.566. The summed E-state index contributed by atoms with van der Waals surface area (Å²) in [7, 11) is 0. The standard InChI is InChI=1S/C20H37N3O2/c1-3-21-19(23-13-10-20(15-23)11-14-24-16-20)22-12-9-18(25-4-2)17-7-5-6-8-17/h17-18H,3-16H2,1-2H3,(H,21,22). The Balaban J connectivity index is 1.54. The molecule has 25 heavy (non-hydrogen) atoms. The van der Waals surface area contributed by atoms with E-state index >= 15 is 0 Å². The van der Waals surface area contributed by atoms with Crippen molar-refractivity contribution in [2.45, 2.75) is 64.9 Å². The minimum atomic E-state index is 0.383. The highest BCUT2D eigenvalue weighted by Gasteiger charge is 2.42. The van der Waals surface area contributed by atoms with E-state index in [1.165, 1.54) is 38.5 Å². The van der Waals surface area contributed by atoms with E-state index in [9.17, 15) is 0 Å². The minimum absolute atomic E-state index is 0.383. The number of likely N-dealkylation sites (tertiary alicyclic amines) is 1. The van der Waals surface area contributed by atoms with Crippen molar-refractivity contribution < 1.29 is 9.47 Å². The lowest BCUT2D eigenvalue weighted by molar-refractivity contribution is 0.0177. The van der Waals surface area contributed by atoms with Crippen molar-refractivity contribution in [1.82, 2.24) is 10.2 Å². The first kappa shape index (κ1) is 19.0. The van der Waals surface area contributed by atoms with E-state index < -0.39 is 0 Å². The number of ether oxygens (including phenoxy) is 2. The second-order valence-electron chi connectivity index (χ2n) is 8.04. The summed E-state index contributed by atoms with van der Waals surface area (Å²) in [6.07, 6.45) is 9.31. The normalized spacial score (nSPS) is 29.0. The molecule has 2 atom stereocenters. The summed E-state index contributed by atoms with van der Waals surface area (Å²) in [6.45, 7) is 10.9. The molecule has 3 fully saturated rings. The number of nitrogens with zero attached hydrogens (tertiary/aromatic N) is 2. The molecule has 2 unspecified atom stereocenters. The van der Waals surface area contributed by atoms with Crippen molar-refractivity contribution in [3.63, 3.8) is 0 Å². The predicted molar refractivity (Wildman–Crippen MR) is 102 cm³/mol. The third-order valence-electron chi connectivity index (χ3n) is 6.24. The third-order valence-corrected chi connectivity index (χ3v) is 6.24. The van der Waals surface area contributed by atoms with E-state index in [4.69, 9.17) is 14.5 Å². The Morgan fingerprint density at radius 3 is 2.84 bits per heavy atom. The summed E-state index contributed by atoms with van der Waals surface area (Å²) in [4.78, 5) is 7.40. The third kappa shape index (κ3) is 4.88. The lowest BCUT2D eigenvalue weighted by Crippen LogP contribution is -2.41. The summed E-state index contributed by atoms with van der Waals surface area (Å²) in [5.41, 5.74) is 0.383. The van der Waals surface area contributed by atoms with Gasteiger partial charge < -0.3 is 19.7 Å². The number of guanidine groups is 1. The summed E-state index contributed by atoms with van der Waals surface area (Å²) >= 11 is 0. The van der Waals surface area contributed by atoms with Gasteiger partial charge in [0.2, 0.25) is 0 Å². The maximum Gasteiger partial charge on any atom is 0.193 e. The largest absolute Gasteiger partial charge is 0.381 e. The Labute approximate surface area is 153 Å². The van der Waals surface area contributed by atoms with Crippen LogP contribution in [0.1, 0.15) is 58.8 Å². The number of hydrogen-bond donors (Lipinski definition) is 1. The maximum absolute atomic E-state index is 6.05. The van der Waals surface area contributed by atoms with Crippen LogP contribution in [0.4, 0.5) is 0 Å². The second-order valence-corrected chi connectivity index (χ2v) is 8.04. The zero-order valence-corrected chi connectivity index (χ0v) is 16.3. The number of rotatable bonds is 7. The molecular formula is C20H37N3O2. The Morgan fingerprint density at radius 2 is 2.16 bits per heavy atom. The molecule has 2 heterocycles. The molecule has 2 aliphatic heterocycles. The molecule has 1 spiro atoms. The molecule has 3 aliphatic rings. The zero-order valence-electron chi connectivity index (χ0n) is 16.3. The molecule has 5 heteroatoms. The fourth-order valence-electron chi connectivity index (χ4n) is 4.81. The lowest BCUT2D eigenvalue weighted by Gasteiger charge is -2.26. The molecule has 0 radical (unpaired) electrons. The van der Waals surface area contributed by atoms with Crippen molar-refractivity contribution in [1.29, 1.82) is 0 Å². The molecule has 1 N–H and O–H groups in total. The van der Waals surface area contributed by atoms with E-state index in [-0.39, 0.29) is 0 Å². The van der Waals surface area contributed by atoms with Crippen LogP contribution in [0, 0.1) is 11.3 Å². The Hall–Kier alpha value is -0.810. The minimum Gasteiger partial charge on any atom is -0.381 e. The van der Waals surface area contributed by atoms with Crippen molar-refractivity contribution in [3.8, 4) is 0 Å². The predicted octanol–water partition coefficient (Wildman–Crippen LogP) is 3.05. The molecule has 5 nitrogen and oxygen atoms in total. The van der Waals surface area contributed by atoms with E-state index in [1.54, 1.807) is 0 Å². The summed E-state index contributed by atoms with van der Waals surface area (Å²) in [6, 6.07) is 0. The number of hydrogen-bond acceptors (Lipinski definition) is 3. The molecule has 144 valence electrons. The first-order valence-corrected chi connectivity index (χ1v) is 10.5. The molecule has 3 rings (SSSR count). The van der Waals surface area contributed by atoms with Gasteiger partial charge in [-0.25, -0.2) is 0 Å². The molecule has 1 aliphatic carbocycles. The van der Waals surface area contributed by atoms with Gasteiger partial charge in [0, 0.05) is 44.8 Å². The first-order valence-electron chi connectivity index (χ1n) is 10.5. The van der Waals surface area contributed by atoms with E-state index in [0.29, 0.717) is 11.5 Å². The van der Waals surface area contributed by atoms with Crippen LogP contribution in [0.15, 0.2) is 4.99 Å². The van der Waals surface area contributed by atoms with Crippen LogP contribution in [0.5, 0.6) is 0 Å². The molecule has 0 amide bonds. The maximum atomic E-state index is 6.05. The second kappa shape index (κ2) is 9.22. The number of aliphatic imine (C=N–C) groups is 1. The topological polar surface area (TPSA) is 46.1 Å². The van der Waals surface area contributed by atoms with E-state index in [0.717, 1.165) is 64.3 Å². The molecule has 2 saturated heterocycles. The fourth-order valence-corrected chi connectivity index (χ4v) is 4.81. The summed E-state index contributed by atoms with van der Waals surface area (Å²) < 4.78 is 11.7. The van der Waals surface area contributed by atoms with Gasteiger partial charge in [-0.3, -0.25) is 4.99 Å². The zero-order chi connectivity index (χ0) is 17.5. The van der Waals surface area contributed by atoms with Crippen LogP contribution < -0.4 is 5.32 Å². The average Bonchev–Trinajstić information content (AvgIpc) is 3.37. The first-order chi connectivity index (χ1) is 12.3. The van der Waals surface area contributed by atoms with Gasteiger partial charge >= 0.3 is 0 Å². The van der Waals surface area contributed by atoms with E-state index in [2.05, 4.69) is 24.1 Å². The van der Waals surface area contributed by atoms with Gasteiger partial charge in [0.15, 0.2) is 5.96 Å². The number of nitrogens with one attached hydrogen (secondary N) is 1. The van der Waals surface area contributed by atoms with Crippen LogP contribution in [0.3, 0.4) is 0 Å². The van der Waals surface area contributed by atoms with Crippen molar-refractivity contribution in [3.05, 3.63) is 0 Å². The Morgan fingerprint density at radius 1 is 1.32 bits per heavy atom. The van der Waals surface area contributed by atoms with Gasteiger partial charge in [0.05, 0.1) is 12.7 Å². The molecular weight excluding hydrogens is 314 g/mol. The smallest absolute Gasteiger partial charge is 0.193 e. The van der Waals surface area contributed by atoms with Gasteiger partial charge in [-0.2, -0.15) is 0 Å². The van der Waals surface area contributed by atoms with E-state index in [1.807, 2.05) is 0 Å². The fraction of sp³-hybridized carbons (Fsp3) is 0.950. The highest BCUT2D eigenvalue weighted by atomic mass is 16.5. The molecule has 0 aromatic rings.